The maximum absolute atomic E-state index is 15.7. The third kappa shape index (κ3) is 7.86. The van der Waals surface area contributed by atoms with Crippen LogP contribution in [0.25, 0.3) is 0 Å². The van der Waals surface area contributed by atoms with Crippen LogP contribution in [0.4, 0.5) is 22.0 Å². The molecule has 1 saturated heterocycles. The number of hydrogen-bond acceptors (Lipinski definition) is 4. The topological polar surface area (TPSA) is 43.9 Å². The van der Waals surface area contributed by atoms with Crippen LogP contribution in [0.3, 0.4) is 0 Å². The van der Waals surface area contributed by atoms with Crippen LogP contribution in [0.5, 0.6) is 11.6 Å². The molecule has 1 aromatic carbocycles. The van der Waals surface area contributed by atoms with Gasteiger partial charge in [-0.05, 0) is 62.0 Å². The SMILES string of the molecule is CCCCCCC1OC1COc1ccc(C2CCc3cc(OCCCCCC(CC)C4CC4)nc(F)c3C2(F)F)c(F)c1F. The maximum Gasteiger partial charge on any atom is 0.284 e. The van der Waals surface area contributed by atoms with E-state index >= 15 is 17.6 Å². The van der Waals surface area contributed by atoms with Gasteiger partial charge < -0.3 is 14.2 Å². The van der Waals surface area contributed by atoms with Crippen LogP contribution in [0, 0.1) is 29.4 Å². The van der Waals surface area contributed by atoms with Crippen molar-refractivity contribution in [1.29, 1.82) is 0 Å². The first-order valence-electron chi connectivity index (χ1n) is 16.7. The number of pyridine rings is 1. The van der Waals surface area contributed by atoms with Gasteiger partial charge in [0, 0.05) is 11.6 Å². The number of benzene rings is 1. The molecule has 0 radical (unpaired) electrons. The van der Waals surface area contributed by atoms with Crippen LogP contribution in [0.15, 0.2) is 18.2 Å². The van der Waals surface area contributed by atoms with E-state index in [1.807, 2.05) is 0 Å². The van der Waals surface area contributed by atoms with Crippen molar-refractivity contribution in [3.63, 3.8) is 0 Å². The van der Waals surface area contributed by atoms with E-state index in [9.17, 15) is 4.39 Å². The largest absolute Gasteiger partial charge is 0.488 e. The van der Waals surface area contributed by atoms with E-state index in [1.165, 1.54) is 31.7 Å². The molecule has 2 fully saturated rings. The Morgan fingerprint density at radius 1 is 0.932 bits per heavy atom. The van der Waals surface area contributed by atoms with Crippen LogP contribution in [-0.2, 0) is 17.1 Å². The number of aromatic nitrogens is 1. The van der Waals surface area contributed by atoms with Gasteiger partial charge in [0.2, 0.25) is 17.6 Å². The minimum atomic E-state index is -3.79. The van der Waals surface area contributed by atoms with Gasteiger partial charge >= 0.3 is 0 Å². The van der Waals surface area contributed by atoms with Crippen LogP contribution in [0.1, 0.15) is 120 Å². The Kier molecular flexibility index (Phi) is 11.1. The number of rotatable bonds is 18. The van der Waals surface area contributed by atoms with Crippen molar-refractivity contribution in [3.05, 3.63) is 52.5 Å². The Bertz CT molecular complexity index is 1250. The maximum atomic E-state index is 15.7. The molecular weight excluding hydrogens is 577 g/mol. The molecule has 9 heteroatoms. The first-order chi connectivity index (χ1) is 21.2. The molecule has 4 atom stereocenters. The fraction of sp³-hybridized carbons (Fsp3) is 0.686. The van der Waals surface area contributed by atoms with Crippen molar-refractivity contribution in [2.45, 2.75) is 128 Å². The molecular formula is C35H46F5NO3. The molecule has 2 heterocycles. The average molecular weight is 624 g/mol. The molecule has 0 N–H and O–H groups in total. The number of epoxide rings is 1. The smallest absolute Gasteiger partial charge is 0.284 e. The van der Waals surface area contributed by atoms with Crippen LogP contribution < -0.4 is 9.47 Å². The highest BCUT2D eigenvalue weighted by atomic mass is 19.3. The number of ether oxygens (including phenoxy) is 3. The van der Waals surface area contributed by atoms with Crippen molar-refractivity contribution >= 4 is 0 Å². The highest BCUT2D eigenvalue weighted by molar-refractivity contribution is 5.42. The number of fused-ring (bicyclic) bond motifs is 1. The predicted molar refractivity (Wildman–Crippen MR) is 159 cm³/mol. The number of alkyl halides is 2. The Morgan fingerprint density at radius 3 is 2.48 bits per heavy atom. The van der Waals surface area contributed by atoms with Gasteiger partial charge in [0.15, 0.2) is 11.6 Å². The zero-order valence-corrected chi connectivity index (χ0v) is 26.0. The number of halogens is 5. The van der Waals surface area contributed by atoms with E-state index in [2.05, 4.69) is 18.8 Å². The van der Waals surface area contributed by atoms with E-state index in [4.69, 9.17) is 14.2 Å². The summed E-state index contributed by atoms with van der Waals surface area (Å²) in [5.41, 5.74) is -1.30. The van der Waals surface area contributed by atoms with E-state index in [1.54, 1.807) is 0 Å². The van der Waals surface area contributed by atoms with Crippen molar-refractivity contribution in [1.82, 2.24) is 4.98 Å². The lowest BCUT2D eigenvalue weighted by Crippen LogP contribution is -2.32. The molecule has 0 amide bonds. The van der Waals surface area contributed by atoms with Crippen molar-refractivity contribution in [3.8, 4) is 11.6 Å². The predicted octanol–water partition coefficient (Wildman–Crippen LogP) is 9.81. The fourth-order valence-electron chi connectivity index (χ4n) is 6.82. The molecule has 4 nitrogen and oxygen atoms in total. The molecule has 44 heavy (non-hydrogen) atoms. The van der Waals surface area contributed by atoms with Gasteiger partial charge in [0.1, 0.15) is 12.7 Å². The second kappa shape index (κ2) is 14.8. The fourth-order valence-corrected chi connectivity index (χ4v) is 6.82. The Morgan fingerprint density at radius 2 is 1.73 bits per heavy atom. The highest BCUT2D eigenvalue weighted by Crippen LogP contribution is 2.51. The molecule has 4 unspecified atom stereocenters. The summed E-state index contributed by atoms with van der Waals surface area (Å²) in [7, 11) is 0. The quantitative estimate of drug-likeness (QED) is 0.0718. The minimum Gasteiger partial charge on any atom is -0.488 e. The third-order valence-electron chi connectivity index (χ3n) is 9.67. The zero-order valence-electron chi connectivity index (χ0n) is 26.0. The summed E-state index contributed by atoms with van der Waals surface area (Å²) in [6.45, 7) is 4.76. The molecule has 1 aromatic heterocycles. The van der Waals surface area contributed by atoms with Crippen molar-refractivity contribution in [2.24, 2.45) is 11.8 Å². The highest BCUT2D eigenvalue weighted by Gasteiger charge is 2.50. The number of nitrogens with zero attached hydrogens (tertiary/aromatic N) is 1. The number of aryl methyl sites for hydroxylation is 1. The van der Waals surface area contributed by atoms with E-state index < -0.39 is 40.5 Å². The van der Waals surface area contributed by atoms with Crippen LogP contribution in [0.2, 0.25) is 0 Å². The first-order valence-corrected chi connectivity index (χ1v) is 16.7. The summed E-state index contributed by atoms with van der Waals surface area (Å²) in [5, 5.41) is 0. The third-order valence-corrected chi connectivity index (χ3v) is 9.67. The lowest BCUT2D eigenvalue weighted by molar-refractivity contribution is -0.0487. The second-order valence-electron chi connectivity index (χ2n) is 12.9. The van der Waals surface area contributed by atoms with Gasteiger partial charge in [-0.2, -0.15) is 13.8 Å². The molecule has 1 aliphatic heterocycles. The van der Waals surface area contributed by atoms with Gasteiger partial charge in [0.05, 0.1) is 24.2 Å². The minimum absolute atomic E-state index is 0.0264. The van der Waals surface area contributed by atoms with Crippen LogP contribution >= 0.6 is 0 Å². The average Bonchev–Trinajstić information content (AvgIpc) is 3.93. The molecule has 3 aliphatic rings. The Balaban J connectivity index is 1.15. The van der Waals surface area contributed by atoms with Gasteiger partial charge in [-0.3, -0.25) is 0 Å². The molecule has 2 aromatic rings. The Labute approximate surface area is 258 Å². The first kappa shape index (κ1) is 33.0. The molecule has 2 aliphatic carbocycles. The van der Waals surface area contributed by atoms with Crippen LogP contribution in [-0.4, -0.2) is 30.4 Å². The summed E-state index contributed by atoms with van der Waals surface area (Å²) in [6, 6.07) is 3.63. The van der Waals surface area contributed by atoms with E-state index in [0.717, 1.165) is 75.3 Å². The normalized spacial score (nSPS) is 22.8. The molecule has 244 valence electrons. The summed E-state index contributed by atoms with van der Waals surface area (Å²) in [6.07, 6.45) is 13.1. The summed E-state index contributed by atoms with van der Waals surface area (Å²) >= 11 is 0. The lowest BCUT2D eigenvalue weighted by Gasteiger charge is -2.34. The summed E-state index contributed by atoms with van der Waals surface area (Å²) in [5.74, 6) is -8.29. The molecule has 5 rings (SSSR count). The lowest BCUT2D eigenvalue weighted by atomic mass is 9.77. The monoisotopic (exact) mass is 623 g/mol. The number of unbranched alkanes of at least 4 members (excludes halogenated alkanes) is 5. The standard InChI is InChI=1S/C35H46F5NO3/c1-3-5-6-9-12-27-29(44-27)21-43-28-18-16-25(32(36)33(28)37)26-17-15-24-20-30(41-34(38)31(24)35(26,39)40)42-19-10-7-8-11-22(4-2)23-13-14-23/h16,18,20,22-23,26-27,29H,3-15,17,19,21H2,1-2H3. The van der Waals surface area contributed by atoms with Crippen molar-refractivity contribution < 1.29 is 36.2 Å². The zero-order chi connectivity index (χ0) is 31.3. The van der Waals surface area contributed by atoms with Gasteiger partial charge in [0.25, 0.3) is 5.92 Å². The van der Waals surface area contributed by atoms with Gasteiger partial charge in [-0.1, -0.05) is 71.3 Å². The molecule has 1 saturated carbocycles. The van der Waals surface area contributed by atoms with Gasteiger partial charge in [-0.15, -0.1) is 0 Å². The summed E-state index contributed by atoms with van der Waals surface area (Å²) in [4.78, 5) is 3.67. The molecule has 0 bridgehead atoms. The van der Waals surface area contributed by atoms with E-state index in [0.29, 0.717) is 6.61 Å². The van der Waals surface area contributed by atoms with E-state index in [-0.39, 0.29) is 48.8 Å². The van der Waals surface area contributed by atoms with Gasteiger partial charge in [-0.25, -0.2) is 13.2 Å². The molecule has 0 spiro atoms. The van der Waals surface area contributed by atoms with Crippen molar-refractivity contribution in [2.75, 3.05) is 13.2 Å². The number of hydrogen-bond donors (Lipinski definition) is 0. The summed E-state index contributed by atoms with van der Waals surface area (Å²) < 4.78 is 93.2. The second-order valence-corrected chi connectivity index (χ2v) is 12.9. The Hall–Kier alpha value is -2.42.